The molecular weight excluding hydrogens is 436 g/mol. The highest BCUT2D eigenvalue weighted by atomic mass is 16.2. The Morgan fingerprint density at radius 3 is 2.17 bits per heavy atom. The molecule has 0 atom stereocenters. The van der Waals surface area contributed by atoms with Gasteiger partial charge in [-0.3, -0.25) is 19.1 Å². The van der Waals surface area contributed by atoms with Crippen molar-refractivity contribution < 1.29 is 4.79 Å². The SMILES string of the molecule is CC(C)(C)N1CCN(C(=O)c2ccc(-c3cn4c(-c5ccc(C#N)cc5)cnc4cn3)cc2)CC1. The summed E-state index contributed by atoms with van der Waals surface area (Å²) in [6.07, 6.45) is 5.51. The predicted molar refractivity (Wildman–Crippen MR) is 136 cm³/mol. The van der Waals surface area contributed by atoms with Crippen LogP contribution in [0.2, 0.25) is 0 Å². The van der Waals surface area contributed by atoms with Gasteiger partial charge in [0.2, 0.25) is 0 Å². The summed E-state index contributed by atoms with van der Waals surface area (Å²) in [5.41, 5.74) is 5.81. The Hall–Kier alpha value is -4.02. The summed E-state index contributed by atoms with van der Waals surface area (Å²) >= 11 is 0. The van der Waals surface area contributed by atoms with Gasteiger partial charge in [-0.1, -0.05) is 24.3 Å². The summed E-state index contributed by atoms with van der Waals surface area (Å²) in [4.78, 5) is 26.5. The summed E-state index contributed by atoms with van der Waals surface area (Å²) in [7, 11) is 0. The molecule has 2 aromatic carbocycles. The number of amides is 1. The molecule has 1 saturated heterocycles. The van der Waals surface area contributed by atoms with Crippen molar-refractivity contribution in [2.24, 2.45) is 0 Å². The van der Waals surface area contributed by atoms with Crippen LogP contribution in [0.3, 0.4) is 0 Å². The van der Waals surface area contributed by atoms with Gasteiger partial charge in [-0.25, -0.2) is 4.98 Å². The van der Waals surface area contributed by atoms with Crippen molar-refractivity contribution >= 4 is 11.6 Å². The number of carbonyl (C=O) groups excluding carboxylic acids is 1. The molecule has 0 N–H and O–H groups in total. The minimum atomic E-state index is 0.0752. The summed E-state index contributed by atoms with van der Waals surface area (Å²) in [6, 6.07) is 17.3. The molecule has 0 aliphatic carbocycles. The van der Waals surface area contributed by atoms with E-state index in [9.17, 15) is 4.79 Å². The maximum absolute atomic E-state index is 13.1. The highest BCUT2D eigenvalue weighted by Gasteiger charge is 2.28. The van der Waals surface area contributed by atoms with Crippen molar-refractivity contribution in [3.8, 4) is 28.6 Å². The molecule has 3 heterocycles. The van der Waals surface area contributed by atoms with Gasteiger partial charge in [0.05, 0.1) is 35.4 Å². The second kappa shape index (κ2) is 8.97. The molecule has 5 rings (SSSR count). The lowest BCUT2D eigenvalue weighted by Gasteiger charge is -2.42. The molecule has 7 nitrogen and oxygen atoms in total. The zero-order valence-electron chi connectivity index (χ0n) is 20.3. The fourth-order valence-corrected chi connectivity index (χ4v) is 4.51. The average molecular weight is 465 g/mol. The van der Waals surface area contributed by atoms with Gasteiger partial charge in [0.15, 0.2) is 5.65 Å². The van der Waals surface area contributed by atoms with E-state index in [1.165, 1.54) is 0 Å². The maximum Gasteiger partial charge on any atom is 0.253 e. The minimum absolute atomic E-state index is 0.0752. The van der Waals surface area contributed by atoms with Crippen LogP contribution in [0, 0.1) is 11.3 Å². The zero-order chi connectivity index (χ0) is 24.6. The number of aromatic nitrogens is 3. The quantitative estimate of drug-likeness (QED) is 0.446. The smallest absolute Gasteiger partial charge is 0.253 e. The number of carbonyl (C=O) groups is 1. The average Bonchev–Trinajstić information content (AvgIpc) is 3.31. The van der Waals surface area contributed by atoms with Crippen LogP contribution in [-0.2, 0) is 0 Å². The first-order valence-electron chi connectivity index (χ1n) is 11.8. The number of piperazine rings is 1. The van der Waals surface area contributed by atoms with Crippen molar-refractivity contribution in [3.05, 3.63) is 78.2 Å². The van der Waals surface area contributed by atoms with E-state index in [-0.39, 0.29) is 11.4 Å². The standard InChI is InChI=1S/C28H28N6O/c1-28(2,3)33-14-12-32(13-15-33)27(35)23-10-8-21(9-11-23)24-19-34-25(17-31-26(34)18-30-24)22-6-4-20(16-29)5-7-22/h4-11,17-19H,12-15H2,1-3H3. The fraction of sp³-hybridized carbons (Fsp3) is 0.286. The molecule has 0 spiro atoms. The number of benzene rings is 2. The Labute approximate surface area is 205 Å². The van der Waals surface area contributed by atoms with Crippen molar-refractivity contribution in [1.82, 2.24) is 24.2 Å². The van der Waals surface area contributed by atoms with Crippen LogP contribution < -0.4 is 0 Å². The van der Waals surface area contributed by atoms with E-state index in [1.807, 2.05) is 58.1 Å². The predicted octanol–water partition coefficient (Wildman–Crippen LogP) is 4.49. The maximum atomic E-state index is 13.1. The Bertz CT molecular complexity index is 1400. The summed E-state index contributed by atoms with van der Waals surface area (Å²) in [5, 5.41) is 9.06. The molecule has 2 aromatic heterocycles. The first-order chi connectivity index (χ1) is 16.8. The first kappa shape index (κ1) is 22.8. The van der Waals surface area contributed by atoms with E-state index in [1.54, 1.807) is 18.3 Å². The number of rotatable bonds is 3. The monoisotopic (exact) mass is 464 g/mol. The molecule has 1 aliphatic rings. The normalized spacial score (nSPS) is 14.7. The summed E-state index contributed by atoms with van der Waals surface area (Å²) < 4.78 is 2.00. The number of nitriles is 1. The van der Waals surface area contributed by atoms with Gasteiger partial charge in [0.1, 0.15) is 0 Å². The van der Waals surface area contributed by atoms with Gasteiger partial charge in [-0.05, 0) is 45.0 Å². The van der Waals surface area contributed by atoms with Crippen LogP contribution in [0.4, 0.5) is 0 Å². The van der Waals surface area contributed by atoms with Crippen molar-refractivity contribution in [2.45, 2.75) is 26.3 Å². The lowest BCUT2D eigenvalue weighted by molar-refractivity contribution is 0.0451. The largest absolute Gasteiger partial charge is 0.336 e. The van der Waals surface area contributed by atoms with Gasteiger partial charge in [0, 0.05) is 54.6 Å². The van der Waals surface area contributed by atoms with Crippen LogP contribution in [0.15, 0.2) is 67.1 Å². The van der Waals surface area contributed by atoms with Gasteiger partial charge in [0.25, 0.3) is 5.91 Å². The van der Waals surface area contributed by atoms with Crippen molar-refractivity contribution in [3.63, 3.8) is 0 Å². The lowest BCUT2D eigenvalue weighted by atomic mass is 10.0. The van der Waals surface area contributed by atoms with Crippen LogP contribution in [0.5, 0.6) is 0 Å². The molecule has 0 unspecified atom stereocenters. The van der Waals surface area contributed by atoms with E-state index in [2.05, 4.69) is 41.7 Å². The van der Waals surface area contributed by atoms with Crippen molar-refractivity contribution in [1.29, 1.82) is 5.26 Å². The number of hydrogen-bond acceptors (Lipinski definition) is 5. The van der Waals surface area contributed by atoms with Crippen molar-refractivity contribution in [2.75, 3.05) is 26.2 Å². The van der Waals surface area contributed by atoms with Crippen LogP contribution in [0.1, 0.15) is 36.7 Å². The van der Waals surface area contributed by atoms with Gasteiger partial charge < -0.3 is 4.90 Å². The minimum Gasteiger partial charge on any atom is -0.336 e. The van der Waals surface area contributed by atoms with Crippen LogP contribution >= 0.6 is 0 Å². The molecule has 176 valence electrons. The second-order valence-electron chi connectivity index (χ2n) is 9.86. The van der Waals surface area contributed by atoms with Crippen LogP contribution in [0.25, 0.3) is 28.2 Å². The first-order valence-corrected chi connectivity index (χ1v) is 11.8. The highest BCUT2D eigenvalue weighted by Crippen LogP contribution is 2.25. The molecule has 0 radical (unpaired) electrons. The molecule has 0 saturated carbocycles. The molecule has 1 aliphatic heterocycles. The lowest BCUT2D eigenvalue weighted by Crippen LogP contribution is -2.54. The number of imidazole rings is 1. The number of fused-ring (bicyclic) bond motifs is 1. The Morgan fingerprint density at radius 2 is 1.54 bits per heavy atom. The Kier molecular flexibility index (Phi) is 5.83. The molecule has 4 aromatic rings. The molecule has 35 heavy (non-hydrogen) atoms. The number of nitrogens with zero attached hydrogens (tertiary/aromatic N) is 6. The zero-order valence-corrected chi connectivity index (χ0v) is 20.3. The second-order valence-corrected chi connectivity index (χ2v) is 9.86. The van der Waals surface area contributed by atoms with E-state index < -0.39 is 0 Å². The fourth-order valence-electron chi connectivity index (χ4n) is 4.51. The molecular formula is C28H28N6O. The van der Waals surface area contributed by atoms with E-state index in [4.69, 9.17) is 5.26 Å². The Morgan fingerprint density at radius 1 is 0.886 bits per heavy atom. The third kappa shape index (κ3) is 4.53. The van der Waals surface area contributed by atoms with Gasteiger partial charge in [-0.2, -0.15) is 5.26 Å². The third-order valence-corrected chi connectivity index (χ3v) is 6.65. The van der Waals surface area contributed by atoms with E-state index in [0.29, 0.717) is 11.1 Å². The molecule has 7 heteroatoms. The Balaban J connectivity index is 1.35. The third-order valence-electron chi connectivity index (χ3n) is 6.65. The highest BCUT2D eigenvalue weighted by molar-refractivity contribution is 5.94. The van der Waals surface area contributed by atoms with Crippen LogP contribution in [-0.4, -0.2) is 61.8 Å². The molecule has 0 bridgehead atoms. The van der Waals surface area contributed by atoms with Gasteiger partial charge in [-0.15, -0.1) is 0 Å². The number of hydrogen-bond donors (Lipinski definition) is 0. The summed E-state index contributed by atoms with van der Waals surface area (Å²) in [5.74, 6) is 0.0752. The molecule has 1 fully saturated rings. The topological polar surface area (TPSA) is 77.5 Å². The van der Waals surface area contributed by atoms with E-state index in [0.717, 1.165) is 54.3 Å². The molecule has 1 amide bonds. The summed E-state index contributed by atoms with van der Waals surface area (Å²) in [6.45, 7) is 9.92. The van der Waals surface area contributed by atoms with Gasteiger partial charge >= 0.3 is 0 Å². The van der Waals surface area contributed by atoms with E-state index >= 15 is 0 Å².